The third kappa shape index (κ3) is 3.82. The number of amides is 1. The average molecular weight is 352 g/mol. The number of rotatable bonds is 4. The van der Waals surface area contributed by atoms with Gasteiger partial charge in [-0.3, -0.25) is 4.79 Å². The fourth-order valence-corrected chi connectivity index (χ4v) is 2.40. The predicted octanol–water partition coefficient (Wildman–Crippen LogP) is 4.55. The minimum atomic E-state index is -0.399. The summed E-state index contributed by atoms with van der Waals surface area (Å²) in [7, 11) is 0. The zero-order chi connectivity index (χ0) is 15.4. The van der Waals surface area contributed by atoms with Gasteiger partial charge in [-0.25, -0.2) is 4.39 Å². The molecule has 0 radical (unpaired) electrons. The topological polar surface area (TPSA) is 38.3 Å². The summed E-state index contributed by atoms with van der Waals surface area (Å²) in [5.74, 6) is -0.112. The first kappa shape index (κ1) is 15.5. The summed E-state index contributed by atoms with van der Waals surface area (Å²) in [6.07, 6.45) is 0. The Morgan fingerprint density at radius 2 is 2.05 bits per heavy atom. The molecule has 0 aliphatic carbocycles. The van der Waals surface area contributed by atoms with E-state index >= 15 is 0 Å². The highest BCUT2D eigenvalue weighted by Crippen LogP contribution is 2.27. The second-order valence-corrected chi connectivity index (χ2v) is 5.37. The number of benzene rings is 2. The first-order valence-corrected chi connectivity index (χ1v) is 7.30. The van der Waals surface area contributed by atoms with Crippen LogP contribution in [0.1, 0.15) is 22.8 Å². The quantitative estimate of drug-likeness (QED) is 0.877. The van der Waals surface area contributed by atoms with Crippen molar-refractivity contribution in [3.05, 3.63) is 57.8 Å². The van der Waals surface area contributed by atoms with E-state index in [9.17, 15) is 9.18 Å². The van der Waals surface area contributed by atoms with Crippen LogP contribution in [0.25, 0.3) is 0 Å². The molecule has 110 valence electrons. The first-order chi connectivity index (χ1) is 10.0. The van der Waals surface area contributed by atoms with E-state index in [1.165, 1.54) is 18.2 Å². The second kappa shape index (κ2) is 6.72. The smallest absolute Gasteiger partial charge is 0.256 e. The summed E-state index contributed by atoms with van der Waals surface area (Å²) in [6, 6.07) is 9.47. The molecule has 0 saturated carbocycles. The molecule has 0 unspecified atom stereocenters. The lowest BCUT2D eigenvalue weighted by molar-refractivity contribution is 0.102. The van der Waals surface area contributed by atoms with Gasteiger partial charge in [-0.15, -0.1) is 0 Å². The average Bonchev–Trinajstić information content (AvgIpc) is 2.42. The highest BCUT2D eigenvalue weighted by Gasteiger charge is 2.13. The molecule has 5 heteroatoms. The molecule has 0 aliphatic rings. The van der Waals surface area contributed by atoms with Gasteiger partial charge in [0.05, 0.1) is 17.9 Å². The van der Waals surface area contributed by atoms with Crippen LogP contribution in [0.15, 0.2) is 40.9 Å². The summed E-state index contributed by atoms with van der Waals surface area (Å²) < 4.78 is 19.0. The molecule has 0 saturated heterocycles. The Morgan fingerprint density at radius 3 is 2.71 bits per heavy atom. The molecule has 0 atom stereocenters. The molecule has 0 aromatic heterocycles. The van der Waals surface area contributed by atoms with E-state index in [0.717, 1.165) is 5.56 Å². The van der Waals surface area contributed by atoms with Crippen LogP contribution in [0.5, 0.6) is 5.75 Å². The van der Waals surface area contributed by atoms with E-state index in [1.54, 1.807) is 6.07 Å². The molecule has 2 aromatic carbocycles. The van der Waals surface area contributed by atoms with Crippen LogP contribution in [-0.4, -0.2) is 12.5 Å². The number of hydrogen-bond donors (Lipinski definition) is 1. The summed E-state index contributed by atoms with van der Waals surface area (Å²) >= 11 is 3.19. The standard InChI is InChI=1S/C16H15BrFNO2/c1-3-21-15-8-10(2)4-7-14(15)19-16(20)12-6-5-11(18)9-13(12)17/h4-9H,3H2,1-2H3,(H,19,20). The van der Waals surface area contributed by atoms with Crippen LogP contribution in [-0.2, 0) is 0 Å². The molecule has 0 aliphatic heterocycles. The van der Waals surface area contributed by atoms with Gasteiger partial charge in [0.2, 0.25) is 0 Å². The maximum Gasteiger partial charge on any atom is 0.256 e. The van der Waals surface area contributed by atoms with Gasteiger partial charge in [-0.05, 0) is 65.7 Å². The summed E-state index contributed by atoms with van der Waals surface area (Å²) in [6.45, 7) is 4.34. The first-order valence-electron chi connectivity index (χ1n) is 6.51. The van der Waals surface area contributed by atoms with Crippen molar-refractivity contribution in [1.82, 2.24) is 0 Å². The summed E-state index contributed by atoms with van der Waals surface area (Å²) in [5, 5.41) is 2.78. The third-order valence-corrected chi connectivity index (χ3v) is 3.52. The summed E-state index contributed by atoms with van der Waals surface area (Å²) in [5.41, 5.74) is 1.99. The molecule has 1 amide bonds. The monoisotopic (exact) mass is 351 g/mol. The minimum absolute atomic E-state index is 0.327. The van der Waals surface area contributed by atoms with Gasteiger partial charge in [0, 0.05) is 4.47 Å². The highest BCUT2D eigenvalue weighted by molar-refractivity contribution is 9.10. The van der Waals surface area contributed by atoms with Crippen LogP contribution in [0.4, 0.5) is 10.1 Å². The van der Waals surface area contributed by atoms with Crippen molar-refractivity contribution in [3.8, 4) is 5.75 Å². The van der Waals surface area contributed by atoms with E-state index < -0.39 is 5.82 Å². The van der Waals surface area contributed by atoms with Crippen molar-refractivity contribution in [2.45, 2.75) is 13.8 Å². The molecule has 0 spiro atoms. The largest absolute Gasteiger partial charge is 0.492 e. The molecule has 2 aromatic rings. The predicted molar refractivity (Wildman–Crippen MR) is 84.4 cm³/mol. The van der Waals surface area contributed by atoms with Crippen LogP contribution in [0.2, 0.25) is 0 Å². The number of carbonyl (C=O) groups excluding carboxylic acids is 1. The van der Waals surface area contributed by atoms with Crippen LogP contribution >= 0.6 is 15.9 Å². The van der Waals surface area contributed by atoms with Crippen molar-refractivity contribution in [2.24, 2.45) is 0 Å². The Balaban J connectivity index is 2.27. The van der Waals surface area contributed by atoms with Crippen molar-refractivity contribution in [3.63, 3.8) is 0 Å². The van der Waals surface area contributed by atoms with Crippen LogP contribution in [0, 0.1) is 12.7 Å². The molecule has 21 heavy (non-hydrogen) atoms. The maximum absolute atomic E-state index is 13.1. The van der Waals surface area contributed by atoms with E-state index in [4.69, 9.17) is 4.74 Å². The fraction of sp³-hybridized carbons (Fsp3) is 0.188. The number of ether oxygens (including phenoxy) is 1. The van der Waals surface area contributed by atoms with E-state index in [-0.39, 0.29) is 5.91 Å². The lowest BCUT2D eigenvalue weighted by Gasteiger charge is -2.13. The van der Waals surface area contributed by atoms with Crippen molar-refractivity contribution >= 4 is 27.5 Å². The molecular weight excluding hydrogens is 337 g/mol. The van der Waals surface area contributed by atoms with Crippen molar-refractivity contribution < 1.29 is 13.9 Å². The van der Waals surface area contributed by atoms with Crippen LogP contribution in [0.3, 0.4) is 0 Å². The minimum Gasteiger partial charge on any atom is -0.492 e. The highest BCUT2D eigenvalue weighted by atomic mass is 79.9. The number of aryl methyl sites for hydroxylation is 1. The molecule has 3 nitrogen and oxygen atoms in total. The Kier molecular flexibility index (Phi) is 4.96. The number of hydrogen-bond acceptors (Lipinski definition) is 2. The lowest BCUT2D eigenvalue weighted by atomic mass is 10.1. The van der Waals surface area contributed by atoms with Gasteiger partial charge in [0.25, 0.3) is 5.91 Å². The third-order valence-electron chi connectivity index (χ3n) is 2.86. The van der Waals surface area contributed by atoms with E-state index in [2.05, 4.69) is 21.2 Å². The number of anilines is 1. The zero-order valence-electron chi connectivity index (χ0n) is 11.7. The van der Waals surface area contributed by atoms with Gasteiger partial charge in [0.1, 0.15) is 11.6 Å². The maximum atomic E-state index is 13.1. The van der Waals surface area contributed by atoms with E-state index in [1.807, 2.05) is 26.0 Å². The Hall–Kier alpha value is -1.88. The van der Waals surface area contributed by atoms with Crippen LogP contribution < -0.4 is 10.1 Å². The molecule has 0 heterocycles. The molecule has 0 fully saturated rings. The lowest BCUT2D eigenvalue weighted by Crippen LogP contribution is -2.13. The molecular formula is C16H15BrFNO2. The van der Waals surface area contributed by atoms with Gasteiger partial charge in [0.15, 0.2) is 0 Å². The Labute approximate surface area is 131 Å². The van der Waals surface area contributed by atoms with Gasteiger partial charge in [-0.1, -0.05) is 6.07 Å². The fourth-order valence-electron chi connectivity index (χ4n) is 1.87. The molecule has 1 N–H and O–H groups in total. The molecule has 0 bridgehead atoms. The Bertz CT molecular complexity index is 673. The number of nitrogens with one attached hydrogen (secondary N) is 1. The summed E-state index contributed by atoms with van der Waals surface area (Å²) in [4.78, 5) is 12.3. The SMILES string of the molecule is CCOc1cc(C)ccc1NC(=O)c1ccc(F)cc1Br. The Morgan fingerprint density at radius 1 is 1.29 bits per heavy atom. The normalized spacial score (nSPS) is 10.3. The molecule has 2 rings (SSSR count). The zero-order valence-corrected chi connectivity index (χ0v) is 13.3. The van der Waals surface area contributed by atoms with Gasteiger partial charge >= 0.3 is 0 Å². The van der Waals surface area contributed by atoms with Crippen molar-refractivity contribution in [1.29, 1.82) is 0 Å². The van der Waals surface area contributed by atoms with Crippen molar-refractivity contribution in [2.75, 3.05) is 11.9 Å². The second-order valence-electron chi connectivity index (χ2n) is 4.51. The number of halogens is 2. The van der Waals surface area contributed by atoms with Gasteiger partial charge in [-0.2, -0.15) is 0 Å². The number of carbonyl (C=O) groups is 1. The van der Waals surface area contributed by atoms with Gasteiger partial charge < -0.3 is 10.1 Å². The van der Waals surface area contributed by atoms with E-state index in [0.29, 0.717) is 28.1 Å².